The number of fused-ring (bicyclic) bond motifs is 1. The summed E-state index contributed by atoms with van der Waals surface area (Å²) in [6.45, 7) is 1.98. The van der Waals surface area contributed by atoms with Crippen LogP contribution in [0.5, 0.6) is 5.75 Å². The molecule has 5 nitrogen and oxygen atoms in total. The third kappa shape index (κ3) is 2.99. The topological polar surface area (TPSA) is 58.6 Å². The Balaban J connectivity index is 1.64. The molecule has 1 aromatic carbocycles. The van der Waals surface area contributed by atoms with Crippen LogP contribution in [0.1, 0.15) is 43.7 Å². The summed E-state index contributed by atoms with van der Waals surface area (Å²) in [5.41, 5.74) is 0.735. The van der Waals surface area contributed by atoms with E-state index in [0.717, 1.165) is 56.5 Å². The molecule has 0 radical (unpaired) electrons. The van der Waals surface area contributed by atoms with Gasteiger partial charge in [-0.3, -0.25) is 0 Å². The molecule has 126 valence electrons. The monoisotopic (exact) mass is 336 g/mol. The Morgan fingerprint density at radius 2 is 1.91 bits per heavy atom. The highest BCUT2D eigenvalue weighted by atomic mass is 32.2. The Labute approximate surface area is 138 Å². The van der Waals surface area contributed by atoms with Crippen molar-refractivity contribution in [2.24, 2.45) is 0 Å². The van der Waals surface area contributed by atoms with Crippen LogP contribution < -0.4 is 9.46 Å². The molecule has 3 aliphatic rings. The van der Waals surface area contributed by atoms with Gasteiger partial charge in [0.2, 0.25) is 10.0 Å². The molecule has 1 N–H and O–H groups in total. The van der Waals surface area contributed by atoms with Gasteiger partial charge in [0.1, 0.15) is 11.4 Å². The lowest BCUT2D eigenvalue weighted by Crippen LogP contribution is -2.51. The van der Waals surface area contributed by atoms with E-state index in [1.54, 1.807) is 0 Å². The average Bonchev–Trinajstić information content (AvgIpc) is 3.36. The highest BCUT2D eigenvalue weighted by Gasteiger charge is 2.45. The second-order valence-electron chi connectivity index (χ2n) is 7.25. The molecule has 1 spiro atoms. The van der Waals surface area contributed by atoms with Gasteiger partial charge >= 0.3 is 0 Å². The summed E-state index contributed by atoms with van der Waals surface area (Å²) in [6, 6.07) is 7.69. The first-order chi connectivity index (χ1) is 11.0. The predicted octanol–water partition coefficient (Wildman–Crippen LogP) is 2.06. The summed E-state index contributed by atoms with van der Waals surface area (Å²) in [6.07, 6.45) is 4.19. The summed E-state index contributed by atoms with van der Waals surface area (Å²) >= 11 is 0. The van der Waals surface area contributed by atoms with Crippen molar-refractivity contribution in [3.63, 3.8) is 0 Å². The minimum absolute atomic E-state index is 0.172. The third-order valence-corrected chi connectivity index (χ3v) is 7.33. The number of piperidine rings is 1. The van der Waals surface area contributed by atoms with Crippen molar-refractivity contribution >= 4 is 10.0 Å². The summed E-state index contributed by atoms with van der Waals surface area (Å²) in [4.78, 5) is 2.30. The Hall–Kier alpha value is -1.11. The van der Waals surface area contributed by atoms with Gasteiger partial charge in [-0.15, -0.1) is 0 Å². The second kappa shape index (κ2) is 5.46. The summed E-state index contributed by atoms with van der Waals surface area (Å²) in [5.74, 6) is 0.840. The van der Waals surface area contributed by atoms with Gasteiger partial charge in [0.05, 0.1) is 11.3 Å². The van der Waals surface area contributed by atoms with E-state index in [9.17, 15) is 8.42 Å². The van der Waals surface area contributed by atoms with E-state index in [1.165, 1.54) is 0 Å². The van der Waals surface area contributed by atoms with Gasteiger partial charge in [0, 0.05) is 25.1 Å². The van der Waals surface area contributed by atoms with E-state index in [2.05, 4.69) is 16.7 Å². The molecule has 2 heterocycles. The number of hydrogen-bond acceptors (Lipinski definition) is 4. The fourth-order valence-corrected chi connectivity index (χ4v) is 5.28. The molecule has 1 aromatic rings. The van der Waals surface area contributed by atoms with E-state index in [-0.39, 0.29) is 16.9 Å². The van der Waals surface area contributed by atoms with Crippen molar-refractivity contribution in [2.75, 3.05) is 20.1 Å². The van der Waals surface area contributed by atoms with Crippen molar-refractivity contribution in [3.05, 3.63) is 29.8 Å². The number of rotatable bonds is 3. The molecule has 1 aliphatic carbocycles. The standard InChI is InChI=1S/C17H24N2O3S/c1-19-10-8-17(9-11-19)12-15(18-23(20,21)13-6-7-13)14-4-2-3-5-16(14)22-17/h2-5,13,15,18H,6-12H2,1H3. The zero-order valence-electron chi connectivity index (χ0n) is 13.5. The number of nitrogens with one attached hydrogen (secondary N) is 1. The number of ether oxygens (including phenoxy) is 1. The molecular formula is C17H24N2O3S. The van der Waals surface area contributed by atoms with Gasteiger partial charge < -0.3 is 9.64 Å². The minimum Gasteiger partial charge on any atom is -0.487 e. The Morgan fingerprint density at radius 3 is 2.61 bits per heavy atom. The van der Waals surface area contributed by atoms with E-state index in [1.807, 2.05) is 24.3 Å². The molecule has 1 saturated heterocycles. The number of nitrogens with zero attached hydrogens (tertiary/aromatic N) is 1. The molecule has 0 bridgehead atoms. The molecule has 0 amide bonds. The van der Waals surface area contributed by atoms with Crippen LogP contribution in [0.25, 0.3) is 0 Å². The lowest BCUT2D eigenvalue weighted by atomic mass is 9.81. The minimum atomic E-state index is -3.21. The van der Waals surface area contributed by atoms with Gasteiger partial charge in [-0.05, 0) is 38.8 Å². The van der Waals surface area contributed by atoms with Crippen LogP contribution in [0.2, 0.25) is 0 Å². The predicted molar refractivity (Wildman–Crippen MR) is 89.0 cm³/mol. The maximum Gasteiger partial charge on any atom is 0.215 e. The van der Waals surface area contributed by atoms with Crippen LogP contribution in [-0.4, -0.2) is 44.3 Å². The van der Waals surface area contributed by atoms with Crippen LogP contribution in [0.4, 0.5) is 0 Å². The fourth-order valence-electron chi connectivity index (χ4n) is 3.73. The van der Waals surface area contributed by atoms with Gasteiger partial charge in [-0.2, -0.15) is 0 Å². The molecule has 6 heteroatoms. The molecular weight excluding hydrogens is 312 g/mol. The molecule has 2 fully saturated rings. The van der Waals surface area contributed by atoms with E-state index < -0.39 is 10.0 Å². The van der Waals surface area contributed by atoms with Gasteiger partial charge in [-0.25, -0.2) is 13.1 Å². The van der Waals surface area contributed by atoms with Gasteiger partial charge in [0.25, 0.3) is 0 Å². The summed E-state index contributed by atoms with van der Waals surface area (Å²) < 4.78 is 34.2. The molecule has 1 unspecified atom stereocenters. The molecule has 1 saturated carbocycles. The van der Waals surface area contributed by atoms with Crippen molar-refractivity contribution in [3.8, 4) is 5.75 Å². The maximum atomic E-state index is 12.4. The first kappa shape index (κ1) is 15.4. The van der Waals surface area contributed by atoms with Gasteiger partial charge in [-0.1, -0.05) is 18.2 Å². The van der Waals surface area contributed by atoms with Crippen molar-refractivity contribution < 1.29 is 13.2 Å². The smallest absolute Gasteiger partial charge is 0.215 e. The van der Waals surface area contributed by atoms with Crippen molar-refractivity contribution in [2.45, 2.75) is 49.0 Å². The van der Waals surface area contributed by atoms with Gasteiger partial charge in [0.15, 0.2) is 0 Å². The van der Waals surface area contributed by atoms with Crippen LogP contribution in [-0.2, 0) is 10.0 Å². The number of sulfonamides is 1. The Morgan fingerprint density at radius 1 is 1.22 bits per heavy atom. The highest BCUT2D eigenvalue weighted by Crippen LogP contribution is 2.45. The Kier molecular flexibility index (Phi) is 3.66. The zero-order chi connectivity index (χ0) is 16.1. The zero-order valence-corrected chi connectivity index (χ0v) is 14.3. The number of benzene rings is 1. The van der Waals surface area contributed by atoms with Crippen LogP contribution in [0, 0.1) is 0 Å². The number of para-hydroxylation sites is 1. The number of hydrogen-bond donors (Lipinski definition) is 1. The quantitative estimate of drug-likeness (QED) is 0.918. The summed E-state index contributed by atoms with van der Waals surface area (Å²) in [7, 11) is -1.09. The molecule has 0 aromatic heterocycles. The lowest BCUT2D eigenvalue weighted by molar-refractivity contribution is -0.0179. The van der Waals surface area contributed by atoms with E-state index >= 15 is 0 Å². The third-order valence-electron chi connectivity index (χ3n) is 5.37. The largest absolute Gasteiger partial charge is 0.487 e. The van der Waals surface area contributed by atoms with Crippen molar-refractivity contribution in [1.29, 1.82) is 0 Å². The highest BCUT2D eigenvalue weighted by molar-refractivity contribution is 7.90. The maximum absolute atomic E-state index is 12.4. The fraction of sp³-hybridized carbons (Fsp3) is 0.647. The van der Waals surface area contributed by atoms with Crippen LogP contribution in [0.3, 0.4) is 0 Å². The number of likely N-dealkylation sites (tertiary alicyclic amines) is 1. The molecule has 1 atom stereocenters. The van der Waals surface area contributed by atoms with Crippen LogP contribution in [0.15, 0.2) is 24.3 Å². The molecule has 4 rings (SSSR count). The molecule has 2 aliphatic heterocycles. The SMILES string of the molecule is CN1CCC2(CC1)CC(NS(=O)(=O)C1CC1)c1ccccc1O2. The van der Waals surface area contributed by atoms with E-state index in [0.29, 0.717) is 0 Å². The Bertz CT molecular complexity index is 692. The second-order valence-corrected chi connectivity index (χ2v) is 9.24. The average molecular weight is 336 g/mol. The lowest BCUT2D eigenvalue weighted by Gasteiger charge is -2.46. The normalized spacial score (nSPS) is 27.4. The van der Waals surface area contributed by atoms with Crippen molar-refractivity contribution in [1.82, 2.24) is 9.62 Å². The van der Waals surface area contributed by atoms with Crippen LogP contribution >= 0.6 is 0 Å². The first-order valence-corrected chi connectivity index (χ1v) is 10.00. The molecule has 23 heavy (non-hydrogen) atoms. The first-order valence-electron chi connectivity index (χ1n) is 8.45. The van der Waals surface area contributed by atoms with E-state index in [4.69, 9.17) is 4.74 Å². The summed E-state index contributed by atoms with van der Waals surface area (Å²) in [5, 5.41) is -0.189.